The summed E-state index contributed by atoms with van der Waals surface area (Å²) in [5, 5.41) is 11.9. The van der Waals surface area contributed by atoms with Crippen LogP contribution in [0.2, 0.25) is 0 Å². The molecule has 1 aromatic rings. The molecular weight excluding hydrogens is 226 g/mol. The molecule has 0 aromatic heterocycles. The van der Waals surface area contributed by atoms with Crippen molar-refractivity contribution in [2.45, 2.75) is 45.6 Å². The number of aryl methyl sites for hydroxylation is 1. The molecule has 0 aliphatic carbocycles. The van der Waals surface area contributed by atoms with Crippen LogP contribution in [0, 0.1) is 0 Å². The second-order valence-electron chi connectivity index (χ2n) is 4.62. The van der Waals surface area contributed by atoms with Crippen LogP contribution in [0.1, 0.15) is 50.3 Å². The van der Waals surface area contributed by atoms with Gasteiger partial charge in [-0.2, -0.15) is 0 Å². The first-order valence-electron chi connectivity index (χ1n) is 6.67. The number of unbranched alkanes of at least 4 members (excludes halogenated alkanes) is 1. The van der Waals surface area contributed by atoms with E-state index in [1.807, 2.05) is 0 Å². The first kappa shape index (κ1) is 14.7. The van der Waals surface area contributed by atoms with Crippen LogP contribution in [-0.2, 0) is 11.2 Å². The van der Waals surface area contributed by atoms with E-state index in [1.54, 1.807) is 0 Å². The van der Waals surface area contributed by atoms with Crippen molar-refractivity contribution in [1.82, 2.24) is 5.32 Å². The second kappa shape index (κ2) is 7.88. The quantitative estimate of drug-likeness (QED) is 0.696. The van der Waals surface area contributed by atoms with E-state index in [4.69, 9.17) is 5.11 Å². The van der Waals surface area contributed by atoms with Crippen molar-refractivity contribution in [3.63, 3.8) is 0 Å². The van der Waals surface area contributed by atoms with Crippen LogP contribution in [0.4, 0.5) is 0 Å². The molecule has 0 saturated heterocycles. The predicted octanol–water partition coefficient (Wildman–Crippen LogP) is 3.15. The number of carbonyl (C=O) groups is 1. The highest BCUT2D eigenvalue weighted by Crippen LogP contribution is 2.13. The van der Waals surface area contributed by atoms with Gasteiger partial charge < -0.3 is 10.4 Å². The molecule has 1 aromatic carbocycles. The average Bonchev–Trinajstić information content (AvgIpc) is 2.38. The highest BCUT2D eigenvalue weighted by atomic mass is 16.4. The lowest BCUT2D eigenvalue weighted by Crippen LogP contribution is -2.20. The Bertz CT molecular complexity index is 359. The van der Waals surface area contributed by atoms with Gasteiger partial charge in [0, 0.05) is 12.5 Å². The van der Waals surface area contributed by atoms with Gasteiger partial charge in [-0.05, 0) is 43.9 Å². The minimum absolute atomic E-state index is 0.265. The standard InChI is InChI=1S/C15H23NO2/c1-3-13-7-9-14(10-8-13)12(2)16-11-5-4-6-15(17)18/h7-10,12,16H,3-6,11H2,1-2H3,(H,17,18). The van der Waals surface area contributed by atoms with E-state index >= 15 is 0 Å². The smallest absolute Gasteiger partial charge is 0.303 e. The van der Waals surface area contributed by atoms with E-state index in [-0.39, 0.29) is 6.42 Å². The topological polar surface area (TPSA) is 49.3 Å². The lowest BCUT2D eigenvalue weighted by Gasteiger charge is -2.14. The number of rotatable bonds is 8. The maximum absolute atomic E-state index is 10.4. The molecule has 0 aliphatic rings. The third-order valence-corrected chi connectivity index (χ3v) is 3.16. The Kier molecular flexibility index (Phi) is 6.44. The minimum Gasteiger partial charge on any atom is -0.481 e. The molecule has 0 bridgehead atoms. The number of nitrogens with one attached hydrogen (secondary N) is 1. The fourth-order valence-electron chi connectivity index (χ4n) is 1.88. The maximum atomic E-state index is 10.4. The summed E-state index contributed by atoms with van der Waals surface area (Å²) < 4.78 is 0. The van der Waals surface area contributed by atoms with Crippen molar-refractivity contribution in [3.8, 4) is 0 Å². The van der Waals surface area contributed by atoms with Crippen LogP contribution < -0.4 is 5.32 Å². The number of hydrogen-bond acceptors (Lipinski definition) is 2. The van der Waals surface area contributed by atoms with E-state index in [2.05, 4.69) is 43.4 Å². The Morgan fingerprint density at radius 2 is 1.94 bits per heavy atom. The molecule has 0 amide bonds. The van der Waals surface area contributed by atoms with Gasteiger partial charge in [0.15, 0.2) is 0 Å². The summed E-state index contributed by atoms with van der Waals surface area (Å²) in [5.74, 6) is -0.710. The van der Waals surface area contributed by atoms with Gasteiger partial charge in [-0.1, -0.05) is 31.2 Å². The molecule has 0 saturated carbocycles. The van der Waals surface area contributed by atoms with Crippen LogP contribution in [0.3, 0.4) is 0 Å². The Balaban J connectivity index is 2.27. The van der Waals surface area contributed by atoms with Crippen molar-refractivity contribution in [3.05, 3.63) is 35.4 Å². The molecule has 0 radical (unpaired) electrons. The molecule has 0 aliphatic heterocycles. The van der Waals surface area contributed by atoms with Gasteiger partial charge in [0.1, 0.15) is 0 Å². The molecule has 1 atom stereocenters. The van der Waals surface area contributed by atoms with Gasteiger partial charge in [0.05, 0.1) is 0 Å². The number of carboxylic acids is 1. The van der Waals surface area contributed by atoms with Crippen LogP contribution in [0.5, 0.6) is 0 Å². The summed E-state index contributed by atoms with van der Waals surface area (Å²) in [4.78, 5) is 10.4. The lowest BCUT2D eigenvalue weighted by atomic mass is 10.0. The van der Waals surface area contributed by atoms with Crippen LogP contribution >= 0.6 is 0 Å². The summed E-state index contributed by atoms with van der Waals surface area (Å²) in [6, 6.07) is 8.97. The molecule has 1 unspecified atom stereocenters. The molecule has 2 N–H and O–H groups in total. The third-order valence-electron chi connectivity index (χ3n) is 3.16. The Labute approximate surface area is 109 Å². The molecular formula is C15H23NO2. The largest absolute Gasteiger partial charge is 0.481 e. The fraction of sp³-hybridized carbons (Fsp3) is 0.533. The molecule has 18 heavy (non-hydrogen) atoms. The van der Waals surface area contributed by atoms with E-state index in [1.165, 1.54) is 11.1 Å². The summed E-state index contributed by atoms with van der Waals surface area (Å²) in [6.07, 6.45) is 2.98. The van der Waals surface area contributed by atoms with Crippen LogP contribution in [0.15, 0.2) is 24.3 Å². The van der Waals surface area contributed by atoms with Crippen molar-refractivity contribution in [2.24, 2.45) is 0 Å². The molecule has 3 heteroatoms. The monoisotopic (exact) mass is 249 g/mol. The van der Waals surface area contributed by atoms with Gasteiger partial charge in [-0.25, -0.2) is 0 Å². The zero-order valence-corrected chi connectivity index (χ0v) is 11.3. The number of hydrogen-bond donors (Lipinski definition) is 2. The number of carboxylic acid groups (broad SMARTS) is 1. The maximum Gasteiger partial charge on any atom is 0.303 e. The van der Waals surface area contributed by atoms with Gasteiger partial charge in [0.2, 0.25) is 0 Å². The molecule has 100 valence electrons. The summed E-state index contributed by atoms with van der Waals surface area (Å²) in [5.41, 5.74) is 2.64. The Morgan fingerprint density at radius 3 is 2.50 bits per heavy atom. The molecule has 0 fully saturated rings. The lowest BCUT2D eigenvalue weighted by molar-refractivity contribution is -0.137. The van der Waals surface area contributed by atoms with Gasteiger partial charge in [-0.15, -0.1) is 0 Å². The highest BCUT2D eigenvalue weighted by Gasteiger charge is 2.04. The Hall–Kier alpha value is -1.35. The van der Waals surface area contributed by atoms with Crippen molar-refractivity contribution < 1.29 is 9.90 Å². The van der Waals surface area contributed by atoms with Crippen LogP contribution in [-0.4, -0.2) is 17.6 Å². The van der Waals surface area contributed by atoms with E-state index < -0.39 is 5.97 Å². The highest BCUT2D eigenvalue weighted by molar-refractivity contribution is 5.66. The summed E-state index contributed by atoms with van der Waals surface area (Å²) in [6.45, 7) is 5.15. The first-order chi connectivity index (χ1) is 8.63. The normalized spacial score (nSPS) is 12.3. The molecule has 3 nitrogen and oxygen atoms in total. The fourth-order valence-corrected chi connectivity index (χ4v) is 1.88. The zero-order chi connectivity index (χ0) is 13.4. The van der Waals surface area contributed by atoms with Gasteiger partial charge in [0.25, 0.3) is 0 Å². The Morgan fingerprint density at radius 1 is 1.28 bits per heavy atom. The first-order valence-corrected chi connectivity index (χ1v) is 6.67. The molecule has 0 spiro atoms. The van der Waals surface area contributed by atoms with E-state index in [0.717, 1.165) is 25.8 Å². The van der Waals surface area contributed by atoms with Crippen molar-refractivity contribution in [1.29, 1.82) is 0 Å². The minimum atomic E-state index is -0.710. The van der Waals surface area contributed by atoms with Crippen molar-refractivity contribution in [2.75, 3.05) is 6.54 Å². The number of benzene rings is 1. The zero-order valence-electron chi connectivity index (χ0n) is 11.3. The number of aliphatic carboxylic acids is 1. The van der Waals surface area contributed by atoms with Crippen molar-refractivity contribution >= 4 is 5.97 Å². The van der Waals surface area contributed by atoms with Gasteiger partial charge >= 0.3 is 5.97 Å². The SMILES string of the molecule is CCc1ccc(C(C)NCCCCC(=O)O)cc1. The summed E-state index contributed by atoms with van der Waals surface area (Å²) >= 11 is 0. The van der Waals surface area contributed by atoms with Crippen LogP contribution in [0.25, 0.3) is 0 Å². The summed E-state index contributed by atoms with van der Waals surface area (Å²) in [7, 11) is 0. The predicted molar refractivity (Wildman–Crippen MR) is 73.7 cm³/mol. The molecule has 1 rings (SSSR count). The third kappa shape index (κ3) is 5.32. The average molecular weight is 249 g/mol. The molecule has 0 heterocycles. The van der Waals surface area contributed by atoms with E-state index in [9.17, 15) is 4.79 Å². The second-order valence-corrected chi connectivity index (χ2v) is 4.62. The van der Waals surface area contributed by atoms with Gasteiger partial charge in [-0.3, -0.25) is 4.79 Å². The van der Waals surface area contributed by atoms with E-state index in [0.29, 0.717) is 6.04 Å².